The maximum Gasteiger partial charge on any atom is 0.414 e. The molecule has 10 nitrogen and oxygen atoms in total. The number of alkyl halides is 1. The molecular formula is C27H34FN5O5. The van der Waals surface area contributed by atoms with Crippen molar-refractivity contribution in [1.82, 2.24) is 15.0 Å². The van der Waals surface area contributed by atoms with Crippen molar-refractivity contribution in [3.63, 3.8) is 0 Å². The van der Waals surface area contributed by atoms with Crippen LogP contribution in [0.4, 0.5) is 20.6 Å². The molecule has 1 aromatic heterocycles. The molecule has 1 aromatic carbocycles. The number of aryl methyl sites for hydroxylation is 1. The van der Waals surface area contributed by atoms with E-state index >= 15 is 4.39 Å². The van der Waals surface area contributed by atoms with Gasteiger partial charge in [-0.2, -0.15) is 0 Å². The topological polar surface area (TPSA) is 110 Å². The average molecular weight is 528 g/mol. The molecule has 3 aliphatic heterocycles. The Morgan fingerprint density at radius 2 is 2.13 bits per heavy atom. The zero-order valence-electron chi connectivity index (χ0n) is 22.0. The predicted octanol–water partition coefficient (Wildman–Crippen LogP) is 2.99. The second-order valence-electron chi connectivity index (χ2n) is 10.7. The number of benzene rings is 1. The van der Waals surface area contributed by atoms with Crippen LogP contribution in [0.3, 0.4) is 0 Å². The van der Waals surface area contributed by atoms with Crippen molar-refractivity contribution < 1.29 is 28.6 Å². The SMILES string of the molecule is C=CCN1C(=O)[C@@]2(O[C@@H](CCn3cc(CCO)nn3)[C@H](C(C)(C)F)[C@H]2C)c2cc(N3CCOC3=O)ccc21. The molecule has 38 heavy (non-hydrogen) atoms. The molecule has 1 N–H and O–H groups in total. The van der Waals surface area contributed by atoms with Crippen LogP contribution in [-0.2, 0) is 32.8 Å². The summed E-state index contributed by atoms with van der Waals surface area (Å²) in [4.78, 5) is 29.6. The Balaban J connectivity index is 1.53. The van der Waals surface area contributed by atoms with Crippen LogP contribution >= 0.6 is 0 Å². The first-order valence-electron chi connectivity index (χ1n) is 13.0. The number of carbonyl (C=O) groups excluding carboxylic acids is 2. The van der Waals surface area contributed by atoms with Crippen LogP contribution in [0, 0.1) is 11.8 Å². The molecule has 0 unspecified atom stereocenters. The van der Waals surface area contributed by atoms with E-state index in [-0.39, 0.29) is 25.7 Å². The second kappa shape index (κ2) is 9.77. The number of hydrogen-bond donors (Lipinski definition) is 1. The van der Waals surface area contributed by atoms with Gasteiger partial charge in [0.25, 0.3) is 5.91 Å². The van der Waals surface area contributed by atoms with Crippen LogP contribution in [0.15, 0.2) is 37.1 Å². The molecule has 0 radical (unpaired) electrons. The maximum absolute atomic E-state index is 15.8. The number of halogens is 1. The number of cyclic esters (lactones) is 1. The van der Waals surface area contributed by atoms with Crippen LogP contribution in [0.2, 0.25) is 0 Å². The number of rotatable bonds is 9. The smallest absolute Gasteiger partial charge is 0.414 e. The summed E-state index contributed by atoms with van der Waals surface area (Å²) in [7, 11) is 0. The van der Waals surface area contributed by atoms with Crippen molar-refractivity contribution in [2.24, 2.45) is 11.8 Å². The lowest BCUT2D eigenvalue weighted by atomic mass is 9.71. The molecule has 0 aliphatic carbocycles. The summed E-state index contributed by atoms with van der Waals surface area (Å²) in [5.41, 5.74) is -0.495. The molecule has 2 aromatic rings. The van der Waals surface area contributed by atoms with E-state index in [1.54, 1.807) is 27.9 Å². The molecule has 5 rings (SSSR count). The summed E-state index contributed by atoms with van der Waals surface area (Å²) in [5, 5.41) is 17.3. The summed E-state index contributed by atoms with van der Waals surface area (Å²) in [6.07, 6.45) is 3.18. The van der Waals surface area contributed by atoms with Crippen LogP contribution in [0.25, 0.3) is 0 Å². The number of anilines is 2. The van der Waals surface area contributed by atoms with Gasteiger partial charge in [0.1, 0.15) is 12.3 Å². The quantitative estimate of drug-likeness (QED) is 0.499. The van der Waals surface area contributed by atoms with Crippen molar-refractivity contribution in [3.05, 3.63) is 48.3 Å². The van der Waals surface area contributed by atoms with E-state index in [0.717, 1.165) is 0 Å². The molecule has 0 bridgehead atoms. The van der Waals surface area contributed by atoms with Crippen LogP contribution in [0.1, 0.15) is 38.4 Å². The minimum Gasteiger partial charge on any atom is -0.447 e. The third-order valence-electron chi connectivity index (χ3n) is 7.93. The lowest BCUT2D eigenvalue weighted by molar-refractivity contribution is -0.146. The molecule has 204 valence electrons. The zero-order chi connectivity index (χ0) is 27.2. The zero-order valence-corrected chi connectivity index (χ0v) is 22.0. The Morgan fingerprint density at radius 1 is 1.34 bits per heavy atom. The summed E-state index contributed by atoms with van der Waals surface area (Å²) in [6, 6.07) is 5.41. The number of carbonyl (C=O) groups is 2. The Bertz CT molecular complexity index is 1240. The second-order valence-corrected chi connectivity index (χ2v) is 10.7. The van der Waals surface area contributed by atoms with E-state index < -0.39 is 35.3 Å². The van der Waals surface area contributed by atoms with E-state index in [1.165, 1.54) is 18.7 Å². The highest BCUT2D eigenvalue weighted by atomic mass is 19.1. The normalized spacial score (nSPS) is 26.9. The minimum atomic E-state index is -1.64. The van der Waals surface area contributed by atoms with E-state index in [0.29, 0.717) is 48.6 Å². The Morgan fingerprint density at radius 3 is 2.79 bits per heavy atom. The first kappa shape index (κ1) is 26.3. The van der Waals surface area contributed by atoms with Crippen molar-refractivity contribution in [2.75, 3.05) is 36.1 Å². The maximum atomic E-state index is 15.8. The monoisotopic (exact) mass is 527 g/mol. The van der Waals surface area contributed by atoms with Gasteiger partial charge >= 0.3 is 6.09 Å². The fourth-order valence-electron chi connectivity index (χ4n) is 6.35. The number of amides is 2. The van der Waals surface area contributed by atoms with Crippen molar-refractivity contribution in [2.45, 2.75) is 57.5 Å². The third-order valence-corrected chi connectivity index (χ3v) is 7.93. The first-order valence-corrected chi connectivity index (χ1v) is 13.0. The molecule has 3 aliphatic rings. The molecule has 4 atom stereocenters. The number of ether oxygens (including phenoxy) is 2. The fraction of sp³-hybridized carbons (Fsp3) is 0.556. The lowest BCUT2D eigenvalue weighted by Crippen LogP contribution is -2.45. The van der Waals surface area contributed by atoms with Crippen LogP contribution in [0.5, 0.6) is 0 Å². The Hall–Kier alpha value is -3.31. The average Bonchev–Trinajstić information content (AvgIpc) is 3.61. The highest BCUT2D eigenvalue weighted by Gasteiger charge is 2.66. The lowest BCUT2D eigenvalue weighted by Gasteiger charge is -2.32. The van der Waals surface area contributed by atoms with Gasteiger partial charge < -0.3 is 19.5 Å². The highest BCUT2D eigenvalue weighted by Crippen LogP contribution is 2.58. The Labute approximate surface area is 221 Å². The number of aliphatic hydroxyl groups excluding tert-OH is 1. The van der Waals surface area contributed by atoms with Gasteiger partial charge in [-0.1, -0.05) is 18.2 Å². The predicted molar refractivity (Wildman–Crippen MR) is 138 cm³/mol. The standard InChI is InChI=1S/C27H34FN5O5/c1-5-10-33-21-7-6-19(32-12-14-37-25(32)36)15-20(21)27(24(33)35)17(2)23(26(3,4)28)22(38-27)8-11-31-16-18(9-13-34)29-30-31/h5-7,15-17,22-23,34H,1,8-14H2,2-4H3/t17-,22+,23-,27+/m1/s1. The molecule has 1 spiro atoms. The van der Waals surface area contributed by atoms with Crippen molar-refractivity contribution in [1.29, 1.82) is 0 Å². The highest BCUT2D eigenvalue weighted by molar-refractivity contribution is 6.08. The molecule has 4 heterocycles. The summed E-state index contributed by atoms with van der Waals surface area (Å²) in [6.45, 7) is 10.1. The largest absolute Gasteiger partial charge is 0.447 e. The van der Waals surface area contributed by atoms with E-state index in [9.17, 15) is 9.59 Å². The molecule has 11 heteroatoms. The van der Waals surface area contributed by atoms with Gasteiger partial charge in [-0.05, 0) is 38.5 Å². The molecule has 2 fully saturated rings. The van der Waals surface area contributed by atoms with Gasteiger partial charge in [0.15, 0.2) is 5.60 Å². The summed E-state index contributed by atoms with van der Waals surface area (Å²) < 4.78 is 29.3. The first-order chi connectivity index (χ1) is 18.1. The van der Waals surface area contributed by atoms with Gasteiger partial charge in [-0.15, -0.1) is 11.7 Å². The number of nitrogens with zero attached hydrogens (tertiary/aromatic N) is 5. The summed E-state index contributed by atoms with van der Waals surface area (Å²) in [5.74, 6) is -1.36. The number of hydrogen-bond acceptors (Lipinski definition) is 7. The molecular weight excluding hydrogens is 493 g/mol. The van der Waals surface area contributed by atoms with Crippen molar-refractivity contribution >= 4 is 23.4 Å². The van der Waals surface area contributed by atoms with E-state index in [2.05, 4.69) is 16.9 Å². The number of aliphatic hydroxyl groups is 1. The molecule has 2 amide bonds. The summed E-state index contributed by atoms with van der Waals surface area (Å²) >= 11 is 0. The van der Waals surface area contributed by atoms with Gasteiger partial charge in [0, 0.05) is 55.4 Å². The van der Waals surface area contributed by atoms with Gasteiger partial charge in [0.05, 0.1) is 24.0 Å². The van der Waals surface area contributed by atoms with Crippen LogP contribution < -0.4 is 9.80 Å². The van der Waals surface area contributed by atoms with Gasteiger partial charge in [-0.3, -0.25) is 14.4 Å². The minimum absolute atomic E-state index is 0.0254. The number of fused-ring (bicyclic) bond motifs is 2. The number of aromatic nitrogens is 3. The van der Waals surface area contributed by atoms with Gasteiger partial charge in [0.2, 0.25) is 0 Å². The van der Waals surface area contributed by atoms with E-state index in [1.807, 2.05) is 19.1 Å². The van der Waals surface area contributed by atoms with E-state index in [4.69, 9.17) is 14.6 Å². The van der Waals surface area contributed by atoms with Crippen molar-refractivity contribution in [3.8, 4) is 0 Å². The third kappa shape index (κ3) is 4.17. The molecule has 2 saturated heterocycles. The molecule has 0 saturated carbocycles. The Kier molecular flexibility index (Phi) is 6.77. The van der Waals surface area contributed by atoms with Gasteiger partial charge in [-0.25, -0.2) is 9.18 Å². The fourth-order valence-corrected chi connectivity index (χ4v) is 6.35. The van der Waals surface area contributed by atoms with Crippen LogP contribution in [-0.4, -0.2) is 70.2 Å².